The minimum atomic E-state index is 0.246. The summed E-state index contributed by atoms with van der Waals surface area (Å²) in [6.45, 7) is 5.35. The molecule has 15 heavy (non-hydrogen) atoms. The highest BCUT2D eigenvalue weighted by Gasteiger charge is 2.02. The van der Waals surface area contributed by atoms with E-state index in [4.69, 9.17) is 22.1 Å². The van der Waals surface area contributed by atoms with E-state index in [0.29, 0.717) is 23.9 Å². The van der Waals surface area contributed by atoms with Gasteiger partial charge in [0.15, 0.2) is 0 Å². The Labute approximate surface area is 95.6 Å². The van der Waals surface area contributed by atoms with Gasteiger partial charge < -0.3 is 15.8 Å². The quantitative estimate of drug-likeness (QED) is 0.602. The number of rotatable bonds is 5. The Hall–Kier alpha value is -0.930. The Morgan fingerprint density at radius 3 is 2.80 bits per heavy atom. The molecule has 0 unspecified atom stereocenters. The van der Waals surface area contributed by atoms with Crippen molar-refractivity contribution < 1.29 is 4.74 Å². The van der Waals surface area contributed by atoms with Gasteiger partial charge in [0.05, 0.1) is 29.1 Å². The molecule has 0 saturated heterocycles. The van der Waals surface area contributed by atoms with Crippen LogP contribution in [0.1, 0.15) is 13.8 Å². The lowest BCUT2D eigenvalue weighted by Gasteiger charge is -2.12. The zero-order valence-corrected chi connectivity index (χ0v) is 9.84. The summed E-state index contributed by atoms with van der Waals surface area (Å²) in [5, 5.41) is 3.79. The summed E-state index contributed by atoms with van der Waals surface area (Å²) in [5.74, 6) is 0. The van der Waals surface area contributed by atoms with Crippen LogP contribution in [-0.2, 0) is 4.74 Å². The van der Waals surface area contributed by atoms with Gasteiger partial charge in [0, 0.05) is 6.54 Å². The molecule has 4 heteroatoms. The van der Waals surface area contributed by atoms with Crippen LogP contribution in [0.25, 0.3) is 0 Å². The molecule has 84 valence electrons. The van der Waals surface area contributed by atoms with E-state index < -0.39 is 0 Å². The largest absolute Gasteiger partial charge is 0.397 e. The molecular formula is C11H17ClN2O. The maximum Gasteiger partial charge on any atom is 0.0763 e. The first-order chi connectivity index (χ1) is 7.11. The van der Waals surface area contributed by atoms with Crippen LogP contribution in [0.3, 0.4) is 0 Å². The van der Waals surface area contributed by atoms with E-state index in [9.17, 15) is 0 Å². The van der Waals surface area contributed by atoms with Crippen molar-refractivity contribution in [3.05, 3.63) is 23.2 Å². The number of nitrogen functional groups attached to an aromatic ring is 1. The summed E-state index contributed by atoms with van der Waals surface area (Å²) < 4.78 is 5.40. The SMILES string of the molecule is CC(C)OCCNc1c(N)cccc1Cl. The fraction of sp³-hybridized carbons (Fsp3) is 0.455. The first-order valence-electron chi connectivity index (χ1n) is 5.00. The molecule has 0 aliphatic rings. The minimum absolute atomic E-state index is 0.246. The first-order valence-corrected chi connectivity index (χ1v) is 5.38. The number of anilines is 2. The van der Waals surface area contributed by atoms with Crippen LogP contribution >= 0.6 is 11.6 Å². The third-order valence-corrected chi connectivity index (χ3v) is 2.22. The molecule has 0 fully saturated rings. The lowest BCUT2D eigenvalue weighted by atomic mass is 10.2. The number of para-hydroxylation sites is 1. The Balaban J connectivity index is 2.43. The zero-order valence-electron chi connectivity index (χ0n) is 9.09. The van der Waals surface area contributed by atoms with Crippen LogP contribution in [0, 0.1) is 0 Å². The van der Waals surface area contributed by atoms with Gasteiger partial charge in [-0.15, -0.1) is 0 Å². The highest BCUT2D eigenvalue weighted by atomic mass is 35.5. The summed E-state index contributed by atoms with van der Waals surface area (Å²) in [4.78, 5) is 0. The molecule has 0 heterocycles. The Morgan fingerprint density at radius 2 is 2.20 bits per heavy atom. The maximum atomic E-state index is 5.99. The summed E-state index contributed by atoms with van der Waals surface area (Å²) in [7, 11) is 0. The molecule has 0 aromatic heterocycles. The summed E-state index contributed by atoms with van der Waals surface area (Å²) in [6, 6.07) is 5.45. The highest BCUT2D eigenvalue weighted by molar-refractivity contribution is 6.33. The van der Waals surface area contributed by atoms with Crippen LogP contribution in [-0.4, -0.2) is 19.3 Å². The fourth-order valence-electron chi connectivity index (χ4n) is 1.20. The van der Waals surface area contributed by atoms with Gasteiger partial charge in [0.25, 0.3) is 0 Å². The first kappa shape index (κ1) is 12.1. The van der Waals surface area contributed by atoms with Crippen molar-refractivity contribution in [1.29, 1.82) is 0 Å². The second kappa shape index (κ2) is 5.83. The monoisotopic (exact) mass is 228 g/mol. The predicted octanol–water partition coefficient (Wildman–Crippen LogP) is 2.76. The average Bonchev–Trinajstić information content (AvgIpc) is 2.15. The van der Waals surface area contributed by atoms with Crippen LogP contribution in [0.15, 0.2) is 18.2 Å². The highest BCUT2D eigenvalue weighted by Crippen LogP contribution is 2.27. The smallest absolute Gasteiger partial charge is 0.0763 e. The van der Waals surface area contributed by atoms with Crippen molar-refractivity contribution in [3.8, 4) is 0 Å². The Kier molecular flexibility index (Phi) is 4.72. The van der Waals surface area contributed by atoms with Crippen molar-refractivity contribution in [3.63, 3.8) is 0 Å². The van der Waals surface area contributed by atoms with Gasteiger partial charge >= 0.3 is 0 Å². The van der Waals surface area contributed by atoms with E-state index in [1.165, 1.54) is 0 Å². The van der Waals surface area contributed by atoms with Crippen molar-refractivity contribution in [2.24, 2.45) is 0 Å². The number of benzene rings is 1. The Morgan fingerprint density at radius 1 is 1.47 bits per heavy atom. The van der Waals surface area contributed by atoms with Crippen molar-refractivity contribution in [1.82, 2.24) is 0 Å². The average molecular weight is 229 g/mol. The molecule has 1 aromatic rings. The minimum Gasteiger partial charge on any atom is -0.397 e. The number of hydrogen-bond donors (Lipinski definition) is 2. The third-order valence-electron chi connectivity index (χ3n) is 1.90. The van der Waals surface area contributed by atoms with Crippen LogP contribution in [0.4, 0.5) is 11.4 Å². The predicted molar refractivity (Wildman–Crippen MR) is 65.4 cm³/mol. The standard InChI is InChI=1S/C11H17ClN2O/c1-8(2)15-7-6-14-11-9(12)4-3-5-10(11)13/h3-5,8,14H,6-7,13H2,1-2H3. The van der Waals surface area contributed by atoms with Gasteiger partial charge in [-0.25, -0.2) is 0 Å². The zero-order chi connectivity index (χ0) is 11.3. The molecular weight excluding hydrogens is 212 g/mol. The van der Waals surface area contributed by atoms with E-state index >= 15 is 0 Å². The molecule has 0 atom stereocenters. The van der Waals surface area contributed by atoms with Gasteiger partial charge in [0.2, 0.25) is 0 Å². The number of halogens is 1. The number of ether oxygens (including phenoxy) is 1. The lowest BCUT2D eigenvalue weighted by Crippen LogP contribution is -2.14. The molecule has 0 spiro atoms. The summed E-state index contributed by atoms with van der Waals surface area (Å²) >= 11 is 5.99. The molecule has 0 radical (unpaired) electrons. The second-order valence-corrected chi connectivity index (χ2v) is 3.96. The van der Waals surface area contributed by atoms with Gasteiger partial charge in [-0.1, -0.05) is 17.7 Å². The second-order valence-electron chi connectivity index (χ2n) is 3.55. The van der Waals surface area contributed by atoms with E-state index in [1.807, 2.05) is 32.0 Å². The molecule has 3 nitrogen and oxygen atoms in total. The maximum absolute atomic E-state index is 5.99. The topological polar surface area (TPSA) is 47.3 Å². The molecule has 0 aliphatic carbocycles. The van der Waals surface area contributed by atoms with Crippen LogP contribution in [0.2, 0.25) is 5.02 Å². The fourth-order valence-corrected chi connectivity index (χ4v) is 1.45. The van der Waals surface area contributed by atoms with Crippen LogP contribution in [0.5, 0.6) is 0 Å². The molecule has 3 N–H and O–H groups in total. The van der Waals surface area contributed by atoms with Gasteiger partial charge in [-0.05, 0) is 26.0 Å². The molecule has 0 aliphatic heterocycles. The van der Waals surface area contributed by atoms with Gasteiger partial charge in [-0.2, -0.15) is 0 Å². The summed E-state index contributed by atoms with van der Waals surface area (Å²) in [6.07, 6.45) is 0.246. The lowest BCUT2D eigenvalue weighted by molar-refractivity contribution is 0.0871. The van der Waals surface area contributed by atoms with E-state index in [-0.39, 0.29) is 6.10 Å². The normalized spacial score (nSPS) is 10.7. The van der Waals surface area contributed by atoms with Crippen molar-refractivity contribution in [2.45, 2.75) is 20.0 Å². The molecule has 1 rings (SSSR count). The number of hydrogen-bond acceptors (Lipinski definition) is 3. The number of nitrogens with two attached hydrogens (primary N) is 1. The Bertz CT molecular complexity index is 295. The van der Waals surface area contributed by atoms with Crippen LogP contribution < -0.4 is 11.1 Å². The van der Waals surface area contributed by atoms with E-state index in [0.717, 1.165) is 5.69 Å². The number of nitrogens with one attached hydrogen (secondary N) is 1. The third kappa shape index (κ3) is 3.98. The van der Waals surface area contributed by atoms with Gasteiger partial charge in [0.1, 0.15) is 0 Å². The van der Waals surface area contributed by atoms with E-state index in [2.05, 4.69) is 5.32 Å². The molecule has 1 aromatic carbocycles. The van der Waals surface area contributed by atoms with Crippen molar-refractivity contribution in [2.75, 3.05) is 24.2 Å². The van der Waals surface area contributed by atoms with Crippen molar-refractivity contribution >= 4 is 23.0 Å². The summed E-state index contributed by atoms with van der Waals surface area (Å²) in [5.41, 5.74) is 7.22. The van der Waals surface area contributed by atoms with Gasteiger partial charge in [-0.3, -0.25) is 0 Å². The molecule has 0 amide bonds. The molecule has 0 saturated carbocycles. The molecule has 0 bridgehead atoms. The van der Waals surface area contributed by atoms with E-state index in [1.54, 1.807) is 0 Å².